The molecule has 0 bridgehead atoms. The van der Waals surface area contributed by atoms with E-state index in [0.717, 1.165) is 5.56 Å². The first-order chi connectivity index (χ1) is 10.3. The predicted octanol–water partition coefficient (Wildman–Crippen LogP) is 2.34. The summed E-state index contributed by atoms with van der Waals surface area (Å²) in [4.78, 5) is 24.7. The van der Waals surface area contributed by atoms with E-state index in [1.807, 2.05) is 20.8 Å². The minimum atomic E-state index is -0.963. The average molecular weight is 308 g/mol. The number of amides is 2. The molecule has 1 unspecified atom stereocenters. The molecule has 1 aromatic carbocycles. The maximum absolute atomic E-state index is 12.2. The van der Waals surface area contributed by atoms with E-state index < -0.39 is 5.97 Å². The molecule has 0 radical (unpaired) electrons. The van der Waals surface area contributed by atoms with Crippen molar-refractivity contribution in [3.8, 4) is 0 Å². The van der Waals surface area contributed by atoms with Crippen LogP contribution < -0.4 is 5.32 Å². The van der Waals surface area contributed by atoms with Gasteiger partial charge >= 0.3 is 12.0 Å². The Morgan fingerprint density at radius 2 is 1.82 bits per heavy atom. The number of carboxylic acid groups (broad SMARTS) is 1. The van der Waals surface area contributed by atoms with Gasteiger partial charge in [0.15, 0.2) is 0 Å². The van der Waals surface area contributed by atoms with Crippen molar-refractivity contribution in [2.75, 3.05) is 13.7 Å². The maximum Gasteiger partial charge on any atom is 0.335 e. The third kappa shape index (κ3) is 5.37. The van der Waals surface area contributed by atoms with E-state index in [9.17, 15) is 9.59 Å². The highest BCUT2D eigenvalue weighted by Gasteiger charge is 2.19. The Hall–Kier alpha value is -2.08. The van der Waals surface area contributed by atoms with E-state index in [0.29, 0.717) is 13.1 Å². The lowest BCUT2D eigenvalue weighted by atomic mass is 10.1. The summed E-state index contributed by atoms with van der Waals surface area (Å²) in [6.07, 6.45) is -0.0389. The molecule has 1 atom stereocenters. The number of hydrogen-bond donors (Lipinski definition) is 2. The molecule has 6 heteroatoms. The summed E-state index contributed by atoms with van der Waals surface area (Å²) < 4.78 is 5.20. The Kier molecular flexibility index (Phi) is 6.85. The smallest absolute Gasteiger partial charge is 0.335 e. The SMILES string of the molecule is COC(C)CN(C(=O)NCc1ccc(C(=O)O)cc1)C(C)C. The first-order valence-electron chi connectivity index (χ1n) is 7.24. The molecule has 2 N–H and O–H groups in total. The molecule has 1 rings (SSSR count). The molecular weight excluding hydrogens is 284 g/mol. The minimum Gasteiger partial charge on any atom is -0.478 e. The van der Waals surface area contributed by atoms with Gasteiger partial charge in [-0.05, 0) is 38.5 Å². The van der Waals surface area contributed by atoms with E-state index in [1.54, 1.807) is 24.1 Å². The van der Waals surface area contributed by atoms with Crippen molar-refractivity contribution in [1.82, 2.24) is 10.2 Å². The number of carbonyl (C=O) groups is 2. The lowest BCUT2D eigenvalue weighted by Crippen LogP contribution is -2.47. The molecule has 2 amide bonds. The van der Waals surface area contributed by atoms with Crippen molar-refractivity contribution in [3.05, 3.63) is 35.4 Å². The van der Waals surface area contributed by atoms with Gasteiger partial charge in [0.25, 0.3) is 0 Å². The van der Waals surface area contributed by atoms with Crippen LogP contribution in [0.1, 0.15) is 36.7 Å². The summed E-state index contributed by atoms with van der Waals surface area (Å²) in [5.41, 5.74) is 1.08. The lowest BCUT2D eigenvalue weighted by molar-refractivity contribution is 0.0697. The Bertz CT molecular complexity index is 499. The number of urea groups is 1. The highest BCUT2D eigenvalue weighted by atomic mass is 16.5. The number of benzene rings is 1. The molecule has 6 nitrogen and oxygen atoms in total. The number of carbonyl (C=O) groups excluding carboxylic acids is 1. The van der Waals surface area contributed by atoms with Crippen molar-refractivity contribution < 1.29 is 19.4 Å². The zero-order chi connectivity index (χ0) is 16.7. The Morgan fingerprint density at radius 3 is 2.27 bits per heavy atom. The number of aromatic carboxylic acids is 1. The van der Waals surface area contributed by atoms with Crippen LogP contribution in [0.4, 0.5) is 4.79 Å². The molecule has 122 valence electrons. The Labute approximate surface area is 131 Å². The largest absolute Gasteiger partial charge is 0.478 e. The van der Waals surface area contributed by atoms with Gasteiger partial charge in [0.05, 0.1) is 11.7 Å². The fourth-order valence-corrected chi connectivity index (χ4v) is 1.92. The standard InChI is InChI=1S/C16H24N2O4/c1-11(2)18(10-12(3)22-4)16(21)17-9-13-5-7-14(8-6-13)15(19)20/h5-8,11-12H,9-10H2,1-4H3,(H,17,21)(H,19,20). The summed E-state index contributed by atoms with van der Waals surface area (Å²) in [6.45, 7) is 6.67. The second-order valence-corrected chi connectivity index (χ2v) is 5.45. The number of ether oxygens (including phenoxy) is 1. The van der Waals surface area contributed by atoms with Crippen molar-refractivity contribution in [1.29, 1.82) is 0 Å². The van der Waals surface area contributed by atoms with Crippen LogP contribution in [-0.4, -0.2) is 47.8 Å². The molecule has 0 saturated carbocycles. The molecule has 0 saturated heterocycles. The zero-order valence-electron chi connectivity index (χ0n) is 13.5. The van der Waals surface area contributed by atoms with Crippen molar-refractivity contribution >= 4 is 12.0 Å². The van der Waals surface area contributed by atoms with Crippen LogP contribution >= 0.6 is 0 Å². The van der Waals surface area contributed by atoms with Gasteiger partial charge in [-0.25, -0.2) is 9.59 Å². The fourth-order valence-electron chi connectivity index (χ4n) is 1.92. The van der Waals surface area contributed by atoms with Crippen LogP contribution in [0, 0.1) is 0 Å². The van der Waals surface area contributed by atoms with Crippen molar-refractivity contribution in [2.24, 2.45) is 0 Å². The summed E-state index contributed by atoms with van der Waals surface area (Å²) in [6, 6.07) is 6.34. The van der Waals surface area contributed by atoms with Gasteiger partial charge < -0.3 is 20.1 Å². The Morgan fingerprint density at radius 1 is 1.23 bits per heavy atom. The quantitative estimate of drug-likeness (QED) is 0.810. The highest BCUT2D eigenvalue weighted by molar-refractivity contribution is 5.87. The topological polar surface area (TPSA) is 78.9 Å². The van der Waals surface area contributed by atoms with Crippen LogP contribution in [0.25, 0.3) is 0 Å². The number of hydrogen-bond acceptors (Lipinski definition) is 3. The summed E-state index contributed by atoms with van der Waals surface area (Å²) >= 11 is 0. The lowest BCUT2D eigenvalue weighted by Gasteiger charge is -2.29. The summed E-state index contributed by atoms with van der Waals surface area (Å²) in [7, 11) is 1.62. The first kappa shape index (κ1) is 18.0. The third-order valence-corrected chi connectivity index (χ3v) is 3.39. The summed E-state index contributed by atoms with van der Waals surface area (Å²) in [5.74, 6) is -0.963. The molecule has 0 aliphatic rings. The highest BCUT2D eigenvalue weighted by Crippen LogP contribution is 2.06. The molecule has 22 heavy (non-hydrogen) atoms. The van der Waals surface area contributed by atoms with E-state index >= 15 is 0 Å². The van der Waals surface area contributed by atoms with Crippen LogP contribution in [0.15, 0.2) is 24.3 Å². The number of methoxy groups -OCH3 is 1. The maximum atomic E-state index is 12.2. The molecule has 0 aliphatic carbocycles. The monoisotopic (exact) mass is 308 g/mol. The van der Waals surface area contributed by atoms with E-state index in [2.05, 4.69) is 5.32 Å². The Balaban J connectivity index is 2.60. The van der Waals surface area contributed by atoms with Crippen molar-refractivity contribution in [3.63, 3.8) is 0 Å². The molecule has 0 aromatic heterocycles. The minimum absolute atomic E-state index is 0.0389. The van der Waals surface area contributed by atoms with Crippen LogP contribution in [-0.2, 0) is 11.3 Å². The van der Waals surface area contributed by atoms with Crippen LogP contribution in [0.5, 0.6) is 0 Å². The normalized spacial score (nSPS) is 12.0. The van der Waals surface area contributed by atoms with Crippen LogP contribution in [0.3, 0.4) is 0 Å². The first-order valence-corrected chi connectivity index (χ1v) is 7.24. The number of rotatable bonds is 7. The zero-order valence-corrected chi connectivity index (χ0v) is 13.5. The second-order valence-electron chi connectivity index (χ2n) is 5.45. The average Bonchev–Trinajstić information content (AvgIpc) is 2.49. The molecule has 0 aliphatic heterocycles. The molecule has 0 spiro atoms. The van der Waals surface area contributed by atoms with E-state index in [1.165, 1.54) is 12.1 Å². The summed E-state index contributed by atoms with van der Waals surface area (Å²) in [5, 5.41) is 11.7. The van der Waals surface area contributed by atoms with Crippen LogP contribution in [0.2, 0.25) is 0 Å². The van der Waals surface area contributed by atoms with E-state index in [-0.39, 0.29) is 23.7 Å². The molecule has 1 aromatic rings. The molecule has 0 fully saturated rings. The predicted molar refractivity (Wildman–Crippen MR) is 84.0 cm³/mol. The number of carboxylic acids is 1. The van der Waals surface area contributed by atoms with Gasteiger partial charge in [-0.3, -0.25) is 0 Å². The molecule has 0 heterocycles. The van der Waals surface area contributed by atoms with E-state index in [4.69, 9.17) is 9.84 Å². The second kappa shape index (κ2) is 8.38. The van der Waals surface area contributed by atoms with Gasteiger partial charge in [0.2, 0.25) is 0 Å². The fraction of sp³-hybridized carbons (Fsp3) is 0.500. The number of nitrogens with zero attached hydrogens (tertiary/aromatic N) is 1. The van der Waals surface area contributed by atoms with Gasteiger partial charge in [-0.15, -0.1) is 0 Å². The van der Waals surface area contributed by atoms with Gasteiger partial charge in [0, 0.05) is 26.2 Å². The molecular formula is C16H24N2O4. The van der Waals surface area contributed by atoms with Crippen molar-refractivity contribution in [2.45, 2.75) is 39.5 Å². The van der Waals surface area contributed by atoms with Gasteiger partial charge in [-0.2, -0.15) is 0 Å². The van der Waals surface area contributed by atoms with Gasteiger partial charge in [0.1, 0.15) is 0 Å². The third-order valence-electron chi connectivity index (χ3n) is 3.39. The number of nitrogens with one attached hydrogen (secondary N) is 1. The van der Waals surface area contributed by atoms with Gasteiger partial charge in [-0.1, -0.05) is 12.1 Å².